The van der Waals surface area contributed by atoms with E-state index in [1.54, 1.807) is 12.1 Å². The van der Waals surface area contributed by atoms with Crippen molar-refractivity contribution in [2.75, 3.05) is 0 Å². The highest BCUT2D eigenvalue weighted by Crippen LogP contribution is 2.36. The minimum atomic E-state index is -1.07. The molecule has 0 aliphatic carbocycles. The number of carbonyl (C=O) groups is 2. The number of benzene rings is 4. The maximum Gasteiger partial charge on any atom is 0.336 e. The number of ketones is 1. The number of carboxylic acid groups (broad SMARTS) is 1. The largest absolute Gasteiger partial charge is 0.478 e. The number of carbonyl (C=O) groups excluding carboxylic acids is 1. The predicted octanol–water partition coefficient (Wildman–Crippen LogP) is 9.36. The van der Waals surface area contributed by atoms with Gasteiger partial charge in [-0.2, -0.15) is 0 Å². The summed E-state index contributed by atoms with van der Waals surface area (Å²) in [6.45, 7) is 10.6. The second kappa shape index (κ2) is 11.8. The lowest BCUT2D eigenvalue weighted by Crippen LogP contribution is -2.10. The van der Waals surface area contributed by atoms with E-state index in [9.17, 15) is 14.7 Å². The van der Waals surface area contributed by atoms with Gasteiger partial charge >= 0.3 is 5.97 Å². The molecule has 0 saturated heterocycles. The monoisotopic (exact) mass is 558 g/mol. The van der Waals surface area contributed by atoms with Gasteiger partial charge < -0.3 is 10.1 Å². The average Bonchev–Trinajstić information content (AvgIpc) is 3.40. The molecule has 2 N–H and O–H groups in total. The first-order valence-electron chi connectivity index (χ1n) is 14.6. The van der Waals surface area contributed by atoms with Gasteiger partial charge in [0.25, 0.3) is 0 Å². The molecule has 5 nitrogen and oxygen atoms in total. The number of aromatic carboxylic acids is 1. The highest BCUT2D eigenvalue weighted by atomic mass is 16.4. The molecular formula is C37H38N2O3. The molecule has 0 aliphatic heterocycles. The van der Waals surface area contributed by atoms with Crippen molar-refractivity contribution in [3.63, 3.8) is 0 Å². The molecule has 0 radical (unpaired) electrons. The zero-order valence-corrected chi connectivity index (χ0v) is 25.0. The quantitative estimate of drug-likeness (QED) is 0.177. The van der Waals surface area contributed by atoms with Crippen molar-refractivity contribution in [1.29, 1.82) is 0 Å². The molecule has 0 spiro atoms. The predicted molar refractivity (Wildman–Crippen MR) is 170 cm³/mol. The molecule has 214 valence electrons. The van der Waals surface area contributed by atoms with E-state index in [1.807, 2.05) is 49.4 Å². The third-order valence-electron chi connectivity index (χ3n) is 7.98. The van der Waals surface area contributed by atoms with Gasteiger partial charge in [-0.1, -0.05) is 106 Å². The molecule has 5 aromatic rings. The van der Waals surface area contributed by atoms with Gasteiger partial charge in [0.15, 0.2) is 5.78 Å². The second-order valence-electron chi connectivity index (χ2n) is 12.2. The van der Waals surface area contributed by atoms with Crippen LogP contribution in [0.15, 0.2) is 84.9 Å². The van der Waals surface area contributed by atoms with Crippen LogP contribution in [0.3, 0.4) is 0 Å². The minimum absolute atomic E-state index is 0.00169. The number of nitrogens with one attached hydrogen (secondary N) is 1. The molecule has 0 aliphatic rings. The minimum Gasteiger partial charge on any atom is -0.478 e. The van der Waals surface area contributed by atoms with Crippen LogP contribution in [0.1, 0.15) is 90.3 Å². The van der Waals surface area contributed by atoms with Crippen molar-refractivity contribution in [2.45, 2.75) is 65.2 Å². The van der Waals surface area contributed by atoms with Crippen molar-refractivity contribution < 1.29 is 14.7 Å². The van der Waals surface area contributed by atoms with Crippen molar-refractivity contribution in [1.82, 2.24) is 9.97 Å². The second-order valence-corrected chi connectivity index (χ2v) is 12.2. The van der Waals surface area contributed by atoms with Gasteiger partial charge in [0.05, 0.1) is 16.6 Å². The Morgan fingerprint density at radius 3 is 2.31 bits per heavy atom. The normalized spacial score (nSPS) is 12.4. The summed E-state index contributed by atoms with van der Waals surface area (Å²) in [4.78, 5) is 34.4. The molecule has 4 aromatic carbocycles. The molecule has 1 heterocycles. The van der Waals surface area contributed by atoms with Crippen LogP contribution in [0, 0.1) is 6.92 Å². The zero-order chi connectivity index (χ0) is 30.0. The lowest BCUT2D eigenvalue weighted by molar-refractivity contribution is 0.0697. The van der Waals surface area contributed by atoms with Crippen LogP contribution < -0.4 is 0 Å². The topological polar surface area (TPSA) is 83.0 Å². The van der Waals surface area contributed by atoms with Gasteiger partial charge in [0.2, 0.25) is 0 Å². The zero-order valence-electron chi connectivity index (χ0n) is 25.0. The summed E-state index contributed by atoms with van der Waals surface area (Å²) in [7, 11) is 0. The van der Waals surface area contributed by atoms with Gasteiger partial charge in [-0.15, -0.1) is 0 Å². The number of aryl methyl sites for hydroxylation is 1. The van der Waals surface area contributed by atoms with Gasteiger partial charge in [-0.3, -0.25) is 4.79 Å². The van der Waals surface area contributed by atoms with Crippen LogP contribution in [0.4, 0.5) is 0 Å². The molecule has 0 bridgehead atoms. The lowest BCUT2D eigenvalue weighted by atomic mass is 9.86. The van der Waals surface area contributed by atoms with Crippen LogP contribution in [0.2, 0.25) is 0 Å². The Bertz CT molecular complexity index is 1760. The number of H-pyrrole nitrogens is 1. The van der Waals surface area contributed by atoms with Gasteiger partial charge in [-0.05, 0) is 65.1 Å². The van der Waals surface area contributed by atoms with E-state index < -0.39 is 5.97 Å². The highest BCUT2D eigenvalue weighted by molar-refractivity contribution is 6.04. The fraction of sp³-hybridized carbons (Fsp3) is 0.270. The van der Waals surface area contributed by atoms with Crippen LogP contribution in [0.25, 0.3) is 33.5 Å². The van der Waals surface area contributed by atoms with Gasteiger partial charge in [-0.25, -0.2) is 9.78 Å². The first-order valence-corrected chi connectivity index (χ1v) is 14.6. The molecule has 0 unspecified atom stereocenters. The summed E-state index contributed by atoms with van der Waals surface area (Å²) >= 11 is 0. The molecule has 1 atom stereocenters. The molecule has 5 heteroatoms. The average molecular weight is 559 g/mol. The third-order valence-corrected chi connectivity index (χ3v) is 7.98. The molecule has 5 rings (SSSR count). The van der Waals surface area contributed by atoms with Crippen LogP contribution in [-0.4, -0.2) is 26.8 Å². The number of rotatable bonds is 9. The van der Waals surface area contributed by atoms with Crippen molar-refractivity contribution in [3.05, 3.63) is 113 Å². The number of hydrogen-bond donors (Lipinski definition) is 2. The Balaban J connectivity index is 1.54. The molecule has 1 aromatic heterocycles. The van der Waals surface area contributed by atoms with E-state index in [1.165, 1.54) is 11.6 Å². The van der Waals surface area contributed by atoms with Gasteiger partial charge in [0.1, 0.15) is 5.82 Å². The summed E-state index contributed by atoms with van der Waals surface area (Å²) < 4.78 is 0. The fourth-order valence-electron chi connectivity index (χ4n) is 5.62. The van der Waals surface area contributed by atoms with Crippen molar-refractivity contribution in [3.8, 4) is 22.5 Å². The number of aromatic nitrogens is 2. The smallest absolute Gasteiger partial charge is 0.336 e. The van der Waals surface area contributed by atoms with Crippen LogP contribution >= 0.6 is 0 Å². The van der Waals surface area contributed by atoms with E-state index in [2.05, 4.69) is 56.9 Å². The summed E-state index contributed by atoms with van der Waals surface area (Å²) in [5.74, 6) is -0.359. The Morgan fingerprint density at radius 1 is 0.881 bits per heavy atom. The lowest BCUT2D eigenvalue weighted by Gasteiger charge is -2.18. The summed E-state index contributed by atoms with van der Waals surface area (Å²) in [5.41, 5.74) is 7.77. The number of imidazole rings is 1. The number of hydrogen-bond acceptors (Lipinski definition) is 3. The maximum absolute atomic E-state index is 13.5. The molecule has 42 heavy (non-hydrogen) atoms. The van der Waals surface area contributed by atoms with Gasteiger partial charge in [0, 0.05) is 17.5 Å². The SMILES string of the molecule is CCC[C@@H](CC(=O)c1ccc(-c2cc(C)ccc2-c2nc3ccc(C(C)(C)C)cc3[nH]2)c(C(=O)O)c1)c1ccccc1. The number of fused-ring (bicyclic) bond motifs is 1. The molecule has 0 saturated carbocycles. The first kappa shape index (κ1) is 29.0. The third kappa shape index (κ3) is 6.06. The molecule has 0 amide bonds. The van der Waals surface area contributed by atoms with Crippen molar-refractivity contribution in [2.24, 2.45) is 0 Å². The number of carboxylic acids is 1. The molecule has 0 fully saturated rings. The first-order chi connectivity index (χ1) is 20.0. The molecular weight excluding hydrogens is 520 g/mol. The summed E-state index contributed by atoms with van der Waals surface area (Å²) in [6.07, 6.45) is 2.18. The van der Waals surface area contributed by atoms with E-state index >= 15 is 0 Å². The van der Waals surface area contributed by atoms with Crippen molar-refractivity contribution >= 4 is 22.8 Å². The van der Waals surface area contributed by atoms with E-state index in [0.717, 1.165) is 46.1 Å². The Labute approximate surface area is 247 Å². The standard InChI is InChI=1S/C37H38N2O3/c1-6-10-25(24-11-8-7-9-12-24)21-34(40)26-14-17-28(31(20-26)36(41)42)30-19-23(2)13-16-29(30)35-38-32-18-15-27(37(3,4)5)22-33(32)39-35/h7-9,11-20,22,25H,6,10,21H2,1-5H3,(H,38,39)(H,41,42)/t25-/m0/s1. The Hall–Kier alpha value is -4.51. The van der Waals surface area contributed by atoms with E-state index in [0.29, 0.717) is 23.4 Å². The Morgan fingerprint density at radius 2 is 1.62 bits per heavy atom. The summed E-state index contributed by atoms with van der Waals surface area (Å²) in [5, 5.41) is 10.3. The highest BCUT2D eigenvalue weighted by Gasteiger charge is 2.22. The van der Waals surface area contributed by atoms with Crippen LogP contribution in [-0.2, 0) is 5.41 Å². The number of Topliss-reactive ketones (excluding diaryl/α,β-unsaturated/α-hetero) is 1. The maximum atomic E-state index is 13.5. The fourth-order valence-corrected chi connectivity index (χ4v) is 5.62. The van der Waals surface area contributed by atoms with E-state index in [-0.39, 0.29) is 22.7 Å². The number of nitrogens with zero attached hydrogens (tertiary/aromatic N) is 1. The Kier molecular flexibility index (Phi) is 8.13. The summed E-state index contributed by atoms with van der Waals surface area (Å²) in [6, 6.07) is 27.4. The van der Waals surface area contributed by atoms with Crippen LogP contribution in [0.5, 0.6) is 0 Å². The number of aromatic amines is 1. The van der Waals surface area contributed by atoms with E-state index in [4.69, 9.17) is 4.98 Å².